The van der Waals surface area contributed by atoms with Crippen LogP contribution in [0.2, 0.25) is 0 Å². The van der Waals surface area contributed by atoms with Gasteiger partial charge >= 0.3 is 6.03 Å². The average molecular weight is 391 g/mol. The van der Waals surface area contributed by atoms with Crippen molar-refractivity contribution >= 4 is 17.4 Å². The van der Waals surface area contributed by atoms with Crippen LogP contribution >= 0.6 is 11.3 Å². The van der Waals surface area contributed by atoms with Gasteiger partial charge in [0.05, 0.1) is 6.04 Å². The lowest BCUT2D eigenvalue weighted by molar-refractivity contribution is 0.112. The number of nitrogens with zero attached hydrogens (tertiary/aromatic N) is 2. The molecule has 1 aromatic carbocycles. The van der Waals surface area contributed by atoms with Gasteiger partial charge in [-0.2, -0.15) is 0 Å². The van der Waals surface area contributed by atoms with Gasteiger partial charge in [0.25, 0.3) is 0 Å². The van der Waals surface area contributed by atoms with Crippen molar-refractivity contribution in [1.82, 2.24) is 20.4 Å². The highest BCUT2D eigenvalue weighted by atomic mass is 32.1. The number of halogens is 1. The first-order valence-corrected chi connectivity index (χ1v) is 10.2. The Balaban J connectivity index is 1.46. The van der Waals surface area contributed by atoms with Gasteiger partial charge in [-0.3, -0.25) is 4.90 Å². The Morgan fingerprint density at radius 2 is 1.89 bits per heavy atom. The molecule has 0 spiro atoms. The molecule has 3 rings (SSSR count). The second-order valence-corrected chi connectivity index (χ2v) is 7.86. The van der Waals surface area contributed by atoms with Gasteiger partial charge in [-0.25, -0.2) is 9.18 Å². The number of carbonyl (C=O) groups is 1. The molecule has 0 unspecified atom stereocenters. The number of thiophene rings is 1. The third-order valence-corrected chi connectivity index (χ3v) is 5.89. The van der Waals surface area contributed by atoms with Crippen LogP contribution < -0.4 is 10.6 Å². The second-order valence-electron chi connectivity index (χ2n) is 6.88. The minimum absolute atomic E-state index is 0.159. The third-order valence-electron chi connectivity index (χ3n) is 4.92. The van der Waals surface area contributed by atoms with Gasteiger partial charge in [0.1, 0.15) is 5.82 Å². The molecule has 2 aromatic rings. The van der Waals surface area contributed by atoms with Crippen LogP contribution in [0.3, 0.4) is 0 Å². The van der Waals surface area contributed by atoms with Crippen LogP contribution in [0, 0.1) is 5.82 Å². The average Bonchev–Trinajstić information content (AvgIpc) is 3.19. The molecule has 7 heteroatoms. The lowest BCUT2D eigenvalue weighted by Gasteiger charge is -2.37. The number of nitrogens with one attached hydrogen (secondary N) is 2. The summed E-state index contributed by atoms with van der Waals surface area (Å²) in [7, 11) is 2.14. The van der Waals surface area contributed by atoms with Crippen molar-refractivity contribution in [3.8, 4) is 0 Å². The van der Waals surface area contributed by atoms with E-state index in [0.717, 1.165) is 31.7 Å². The lowest BCUT2D eigenvalue weighted by atomic mass is 10.1. The molecule has 0 saturated carbocycles. The van der Waals surface area contributed by atoms with Gasteiger partial charge in [0, 0.05) is 44.1 Å². The summed E-state index contributed by atoms with van der Waals surface area (Å²) in [6.07, 6.45) is 0.681. The number of likely N-dealkylation sites (N-methyl/N-ethyl adjacent to an activating group) is 1. The molecule has 1 aliphatic heterocycles. The van der Waals surface area contributed by atoms with E-state index in [1.54, 1.807) is 23.5 Å². The summed E-state index contributed by atoms with van der Waals surface area (Å²) in [4.78, 5) is 18.3. The van der Waals surface area contributed by atoms with Gasteiger partial charge in [-0.1, -0.05) is 18.2 Å². The van der Waals surface area contributed by atoms with Crippen molar-refractivity contribution in [1.29, 1.82) is 0 Å². The molecule has 27 heavy (non-hydrogen) atoms. The Morgan fingerprint density at radius 3 is 2.56 bits per heavy atom. The molecule has 1 atom stereocenters. The standard InChI is InChI=1S/C20H27FN4OS/c1-24-10-12-25(13-11-24)18(19-3-2-14-27-19)15-23-20(26)22-9-8-16-4-6-17(21)7-5-16/h2-7,14,18H,8-13,15H2,1H3,(H2,22,23,26)/t18-/m1/s1. The first kappa shape index (κ1) is 19.8. The summed E-state index contributed by atoms with van der Waals surface area (Å²) < 4.78 is 12.9. The van der Waals surface area contributed by atoms with Gasteiger partial charge < -0.3 is 15.5 Å². The smallest absolute Gasteiger partial charge is 0.314 e. The molecule has 1 aliphatic rings. The number of amides is 2. The predicted molar refractivity (Wildman–Crippen MR) is 108 cm³/mol. The van der Waals surface area contributed by atoms with Gasteiger partial charge in [0.15, 0.2) is 0 Å². The number of carbonyl (C=O) groups excluding carboxylic acids is 1. The molecule has 2 amide bonds. The Hall–Kier alpha value is -1.96. The zero-order valence-electron chi connectivity index (χ0n) is 15.7. The minimum atomic E-state index is -0.243. The number of hydrogen-bond donors (Lipinski definition) is 2. The zero-order valence-corrected chi connectivity index (χ0v) is 16.5. The van der Waals surface area contributed by atoms with Crippen molar-refractivity contribution < 1.29 is 9.18 Å². The van der Waals surface area contributed by atoms with E-state index in [-0.39, 0.29) is 17.9 Å². The summed E-state index contributed by atoms with van der Waals surface area (Å²) >= 11 is 1.74. The molecule has 2 N–H and O–H groups in total. The molecule has 0 radical (unpaired) electrons. The summed E-state index contributed by atoms with van der Waals surface area (Å²) in [5.74, 6) is -0.243. The van der Waals surface area contributed by atoms with Crippen molar-refractivity contribution in [3.05, 3.63) is 58.0 Å². The first-order chi connectivity index (χ1) is 13.1. The minimum Gasteiger partial charge on any atom is -0.338 e. The Morgan fingerprint density at radius 1 is 1.15 bits per heavy atom. The number of hydrogen-bond acceptors (Lipinski definition) is 4. The number of rotatable bonds is 7. The van der Waals surface area contributed by atoms with E-state index in [2.05, 4.69) is 45.0 Å². The predicted octanol–water partition coefficient (Wildman–Crippen LogP) is 2.72. The fourth-order valence-corrected chi connectivity index (χ4v) is 4.11. The summed E-state index contributed by atoms with van der Waals surface area (Å²) in [5.41, 5.74) is 1.01. The van der Waals surface area contributed by atoms with E-state index < -0.39 is 0 Å². The van der Waals surface area contributed by atoms with Gasteiger partial charge in [-0.15, -0.1) is 11.3 Å². The Kier molecular flexibility index (Phi) is 7.20. The van der Waals surface area contributed by atoms with E-state index in [1.165, 1.54) is 17.0 Å². The molecular weight excluding hydrogens is 363 g/mol. The van der Waals surface area contributed by atoms with Crippen molar-refractivity contribution in [2.45, 2.75) is 12.5 Å². The van der Waals surface area contributed by atoms with Crippen LogP contribution in [0.1, 0.15) is 16.5 Å². The van der Waals surface area contributed by atoms with Crippen LogP contribution in [0.25, 0.3) is 0 Å². The number of piperazine rings is 1. The summed E-state index contributed by atoms with van der Waals surface area (Å²) in [6.45, 7) is 5.22. The van der Waals surface area contributed by atoms with Crippen LogP contribution in [0.15, 0.2) is 41.8 Å². The highest BCUT2D eigenvalue weighted by Gasteiger charge is 2.25. The quantitative estimate of drug-likeness (QED) is 0.764. The van der Waals surface area contributed by atoms with Crippen molar-refractivity contribution in [2.24, 2.45) is 0 Å². The number of benzene rings is 1. The molecule has 5 nitrogen and oxygen atoms in total. The SMILES string of the molecule is CN1CCN([C@H](CNC(=O)NCCc2ccc(F)cc2)c2cccs2)CC1. The maximum Gasteiger partial charge on any atom is 0.314 e. The largest absolute Gasteiger partial charge is 0.338 e. The molecule has 146 valence electrons. The van der Waals surface area contributed by atoms with E-state index >= 15 is 0 Å². The monoisotopic (exact) mass is 390 g/mol. The summed E-state index contributed by atoms with van der Waals surface area (Å²) in [5, 5.41) is 7.99. The molecule has 1 fully saturated rings. The first-order valence-electron chi connectivity index (χ1n) is 9.34. The Bertz CT molecular complexity index is 699. The second kappa shape index (κ2) is 9.82. The van der Waals surface area contributed by atoms with E-state index in [9.17, 15) is 9.18 Å². The lowest BCUT2D eigenvalue weighted by Crippen LogP contribution is -2.49. The van der Waals surface area contributed by atoms with Crippen LogP contribution in [0.4, 0.5) is 9.18 Å². The van der Waals surface area contributed by atoms with Crippen LogP contribution in [-0.4, -0.2) is 62.1 Å². The van der Waals surface area contributed by atoms with Crippen LogP contribution in [0.5, 0.6) is 0 Å². The maximum atomic E-state index is 12.9. The molecule has 1 aromatic heterocycles. The normalized spacial score (nSPS) is 16.8. The summed E-state index contributed by atoms with van der Waals surface area (Å²) in [6, 6.07) is 10.6. The Labute approximate surface area is 164 Å². The van der Waals surface area contributed by atoms with Crippen LogP contribution in [-0.2, 0) is 6.42 Å². The molecular formula is C20H27FN4OS. The van der Waals surface area contributed by atoms with E-state index in [0.29, 0.717) is 19.5 Å². The maximum absolute atomic E-state index is 12.9. The zero-order chi connectivity index (χ0) is 19.1. The fourth-order valence-electron chi connectivity index (χ4n) is 3.25. The highest BCUT2D eigenvalue weighted by Crippen LogP contribution is 2.25. The highest BCUT2D eigenvalue weighted by molar-refractivity contribution is 7.10. The molecule has 1 saturated heterocycles. The van der Waals surface area contributed by atoms with Gasteiger partial charge in [-0.05, 0) is 42.6 Å². The molecule has 0 aliphatic carbocycles. The van der Waals surface area contributed by atoms with Crippen molar-refractivity contribution in [2.75, 3.05) is 46.3 Å². The third kappa shape index (κ3) is 6.02. The van der Waals surface area contributed by atoms with E-state index in [1.807, 2.05) is 0 Å². The van der Waals surface area contributed by atoms with Crippen molar-refractivity contribution in [3.63, 3.8) is 0 Å². The molecule has 0 bridgehead atoms. The topological polar surface area (TPSA) is 47.6 Å². The van der Waals surface area contributed by atoms with Gasteiger partial charge in [0.2, 0.25) is 0 Å². The fraction of sp³-hybridized carbons (Fsp3) is 0.450. The van der Waals surface area contributed by atoms with E-state index in [4.69, 9.17) is 0 Å². The molecule has 2 heterocycles. The number of urea groups is 1.